The lowest BCUT2D eigenvalue weighted by Crippen LogP contribution is -2.47. The van der Waals surface area contributed by atoms with E-state index in [-0.39, 0.29) is 11.3 Å². The first-order valence-corrected chi connectivity index (χ1v) is 7.68. The zero-order valence-corrected chi connectivity index (χ0v) is 11.4. The van der Waals surface area contributed by atoms with E-state index in [0.29, 0.717) is 6.54 Å². The first kappa shape index (κ1) is 13.9. The molecule has 0 radical (unpaired) electrons. The second kappa shape index (κ2) is 5.98. The standard InChI is InChI=1S/C11H24N2O2S/c1-4-8-12-9-10(2)16(14,15)13(3)11-6-5-7-11/h10-12H,4-9H2,1-3H3. The molecule has 1 N–H and O–H groups in total. The highest BCUT2D eigenvalue weighted by atomic mass is 32.2. The quantitative estimate of drug-likeness (QED) is 0.689. The maximum absolute atomic E-state index is 12.1. The van der Waals surface area contributed by atoms with Crippen LogP contribution in [0.2, 0.25) is 0 Å². The number of hydrogen-bond acceptors (Lipinski definition) is 3. The Kier molecular flexibility index (Phi) is 5.21. The van der Waals surface area contributed by atoms with Crippen molar-refractivity contribution in [1.29, 1.82) is 0 Å². The molecule has 0 bridgehead atoms. The third-order valence-electron chi connectivity index (χ3n) is 3.36. The Hall–Kier alpha value is -0.130. The summed E-state index contributed by atoms with van der Waals surface area (Å²) >= 11 is 0. The van der Waals surface area contributed by atoms with E-state index in [0.717, 1.165) is 32.2 Å². The molecule has 0 heterocycles. The molecule has 0 aromatic carbocycles. The first-order valence-electron chi connectivity index (χ1n) is 6.17. The van der Waals surface area contributed by atoms with E-state index in [9.17, 15) is 8.42 Å². The second-order valence-electron chi connectivity index (χ2n) is 4.66. The Bertz CT molecular complexity index is 299. The second-order valence-corrected chi connectivity index (χ2v) is 7.07. The van der Waals surface area contributed by atoms with E-state index >= 15 is 0 Å². The number of hydrogen-bond donors (Lipinski definition) is 1. The van der Waals surface area contributed by atoms with Crippen LogP contribution >= 0.6 is 0 Å². The van der Waals surface area contributed by atoms with Crippen LogP contribution in [0.25, 0.3) is 0 Å². The molecule has 1 saturated carbocycles. The van der Waals surface area contributed by atoms with Crippen molar-refractivity contribution < 1.29 is 8.42 Å². The highest BCUT2D eigenvalue weighted by molar-refractivity contribution is 7.89. The van der Waals surface area contributed by atoms with Crippen LogP contribution in [0.5, 0.6) is 0 Å². The fourth-order valence-corrected chi connectivity index (χ4v) is 3.35. The highest BCUT2D eigenvalue weighted by Crippen LogP contribution is 2.26. The normalized spacial score (nSPS) is 19.8. The predicted molar refractivity (Wildman–Crippen MR) is 66.9 cm³/mol. The molecule has 0 aromatic rings. The Balaban J connectivity index is 2.47. The van der Waals surface area contributed by atoms with Crippen molar-refractivity contribution in [3.05, 3.63) is 0 Å². The van der Waals surface area contributed by atoms with Crippen LogP contribution in [0.3, 0.4) is 0 Å². The van der Waals surface area contributed by atoms with Gasteiger partial charge in [-0.25, -0.2) is 12.7 Å². The molecular formula is C11H24N2O2S. The van der Waals surface area contributed by atoms with E-state index in [1.54, 1.807) is 18.3 Å². The number of nitrogens with one attached hydrogen (secondary N) is 1. The lowest BCUT2D eigenvalue weighted by atomic mass is 9.94. The smallest absolute Gasteiger partial charge is 0.217 e. The van der Waals surface area contributed by atoms with Crippen LogP contribution in [0.1, 0.15) is 39.5 Å². The van der Waals surface area contributed by atoms with Gasteiger partial charge in [0.25, 0.3) is 0 Å². The van der Waals surface area contributed by atoms with Gasteiger partial charge >= 0.3 is 0 Å². The Morgan fingerprint density at radius 2 is 2.06 bits per heavy atom. The molecule has 96 valence electrons. The van der Waals surface area contributed by atoms with E-state index < -0.39 is 10.0 Å². The average molecular weight is 248 g/mol. The zero-order chi connectivity index (χ0) is 12.2. The maximum Gasteiger partial charge on any atom is 0.217 e. The lowest BCUT2D eigenvalue weighted by Gasteiger charge is -2.35. The Labute approximate surface area is 99.5 Å². The van der Waals surface area contributed by atoms with Crippen LogP contribution in [0.15, 0.2) is 0 Å². The molecule has 0 aliphatic heterocycles. The molecule has 0 amide bonds. The third-order valence-corrected chi connectivity index (χ3v) is 5.64. The molecule has 5 heteroatoms. The van der Waals surface area contributed by atoms with Crippen molar-refractivity contribution in [1.82, 2.24) is 9.62 Å². The largest absolute Gasteiger partial charge is 0.315 e. The molecule has 1 aliphatic rings. The number of rotatable bonds is 7. The summed E-state index contributed by atoms with van der Waals surface area (Å²) in [4.78, 5) is 0. The minimum absolute atomic E-state index is 0.249. The number of nitrogens with zero attached hydrogens (tertiary/aromatic N) is 1. The summed E-state index contributed by atoms with van der Waals surface area (Å²) in [5.74, 6) is 0. The summed E-state index contributed by atoms with van der Waals surface area (Å²) in [6.45, 7) is 5.29. The van der Waals surface area contributed by atoms with Gasteiger partial charge in [-0.15, -0.1) is 0 Å². The van der Waals surface area contributed by atoms with E-state index in [4.69, 9.17) is 0 Å². The van der Waals surface area contributed by atoms with E-state index in [2.05, 4.69) is 12.2 Å². The van der Waals surface area contributed by atoms with Crippen molar-refractivity contribution in [2.45, 2.75) is 50.8 Å². The molecule has 1 rings (SSSR count). The summed E-state index contributed by atoms with van der Waals surface area (Å²) in [5.41, 5.74) is 0. The van der Waals surface area contributed by atoms with Crippen molar-refractivity contribution in [3.63, 3.8) is 0 Å². The molecule has 1 fully saturated rings. The van der Waals surface area contributed by atoms with Gasteiger partial charge in [0.05, 0.1) is 5.25 Å². The maximum atomic E-state index is 12.1. The number of sulfonamides is 1. The summed E-state index contributed by atoms with van der Waals surface area (Å²) in [7, 11) is -1.39. The van der Waals surface area contributed by atoms with E-state index in [1.807, 2.05) is 0 Å². The molecule has 0 saturated heterocycles. The molecular weight excluding hydrogens is 224 g/mol. The van der Waals surface area contributed by atoms with Gasteiger partial charge in [0.1, 0.15) is 0 Å². The molecule has 0 aromatic heterocycles. The highest BCUT2D eigenvalue weighted by Gasteiger charge is 2.33. The van der Waals surface area contributed by atoms with Crippen molar-refractivity contribution in [2.75, 3.05) is 20.1 Å². The van der Waals surface area contributed by atoms with Crippen molar-refractivity contribution in [2.24, 2.45) is 0 Å². The molecule has 1 atom stereocenters. The van der Waals surface area contributed by atoms with Gasteiger partial charge in [-0.3, -0.25) is 0 Å². The van der Waals surface area contributed by atoms with Crippen molar-refractivity contribution >= 4 is 10.0 Å². The molecule has 4 nitrogen and oxygen atoms in total. The fourth-order valence-electron chi connectivity index (χ4n) is 1.83. The van der Waals surface area contributed by atoms with Crippen LogP contribution in [-0.4, -0.2) is 44.2 Å². The molecule has 1 unspecified atom stereocenters. The summed E-state index contributed by atoms with van der Waals surface area (Å²) in [6, 6.07) is 0.249. The molecule has 0 spiro atoms. The third kappa shape index (κ3) is 3.18. The van der Waals surface area contributed by atoms with Gasteiger partial charge < -0.3 is 5.32 Å². The monoisotopic (exact) mass is 248 g/mol. The van der Waals surface area contributed by atoms with Crippen LogP contribution in [-0.2, 0) is 10.0 Å². The lowest BCUT2D eigenvalue weighted by molar-refractivity contribution is 0.247. The summed E-state index contributed by atoms with van der Waals surface area (Å²) in [5, 5.41) is 2.84. The van der Waals surface area contributed by atoms with Crippen LogP contribution in [0.4, 0.5) is 0 Å². The van der Waals surface area contributed by atoms with Gasteiger partial charge in [-0.2, -0.15) is 0 Å². The fraction of sp³-hybridized carbons (Fsp3) is 1.00. The minimum Gasteiger partial charge on any atom is -0.315 e. The molecule has 16 heavy (non-hydrogen) atoms. The predicted octanol–water partition coefficient (Wildman–Crippen LogP) is 1.19. The summed E-state index contributed by atoms with van der Waals surface area (Å²) < 4.78 is 25.9. The average Bonchev–Trinajstić information content (AvgIpc) is 2.15. The summed E-state index contributed by atoms with van der Waals surface area (Å²) in [6.07, 6.45) is 4.23. The zero-order valence-electron chi connectivity index (χ0n) is 10.6. The Morgan fingerprint density at radius 3 is 2.50 bits per heavy atom. The topological polar surface area (TPSA) is 49.4 Å². The SMILES string of the molecule is CCCNCC(C)S(=O)(=O)N(C)C1CCC1. The van der Waals surface area contributed by atoms with Gasteiger partial charge in [-0.05, 0) is 32.7 Å². The van der Waals surface area contributed by atoms with Gasteiger partial charge in [0.15, 0.2) is 0 Å². The van der Waals surface area contributed by atoms with Gasteiger partial charge in [-0.1, -0.05) is 13.3 Å². The van der Waals surface area contributed by atoms with Crippen molar-refractivity contribution in [3.8, 4) is 0 Å². The van der Waals surface area contributed by atoms with E-state index in [1.165, 1.54) is 0 Å². The first-order chi connectivity index (χ1) is 7.50. The minimum atomic E-state index is -3.11. The van der Waals surface area contributed by atoms with Crippen LogP contribution in [0, 0.1) is 0 Å². The molecule has 1 aliphatic carbocycles. The van der Waals surface area contributed by atoms with Crippen LogP contribution < -0.4 is 5.32 Å². The van der Waals surface area contributed by atoms with Gasteiger partial charge in [0, 0.05) is 19.6 Å². The van der Waals surface area contributed by atoms with Gasteiger partial charge in [0.2, 0.25) is 10.0 Å². The Morgan fingerprint density at radius 1 is 1.44 bits per heavy atom.